The molecule has 0 atom stereocenters. The summed E-state index contributed by atoms with van der Waals surface area (Å²) in [5, 5.41) is 0. The lowest BCUT2D eigenvalue weighted by Crippen LogP contribution is -2.42. The van der Waals surface area contributed by atoms with Gasteiger partial charge in [-0.15, -0.1) is 0 Å². The first-order chi connectivity index (χ1) is 6.59. The van der Waals surface area contributed by atoms with Crippen LogP contribution in [0.15, 0.2) is 18.2 Å². The Morgan fingerprint density at radius 1 is 1.29 bits per heavy atom. The molecule has 0 aliphatic carbocycles. The highest BCUT2D eigenvalue weighted by Crippen LogP contribution is 2.32. The third-order valence-corrected chi connectivity index (χ3v) is 3.13. The number of benzene rings is 1. The number of carbonyl (C=O) groups excluding carboxylic acids is 1. The highest BCUT2D eigenvalue weighted by atomic mass is 127. The van der Waals surface area contributed by atoms with E-state index in [0.717, 1.165) is 11.4 Å². The first-order valence-corrected chi connectivity index (χ1v) is 5.44. The molecule has 0 saturated carbocycles. The zero-order valence-electron chi connectivity index (χ0n) is 8.12. The van der Waals surface area contributed by atoms with Crippen molar-refractivity contribution in [1.29, 1.82) is 0 Å². The first kappa shape index (κ1) is 9.76. The number of hydrogen-bond acceptors (Lipinski definition) is 2. The number of halogens is 1. The van der Waals surface area contributed by atoms with Gasteiger partial charge in [0.25, 0.3) is 0 Å². The van der Waals surface area contributed by atoms with Crippen molar-refractivity contribution in [1.82, 2.24) is 0 Å². The zero-order chi connectivity index (χ0) is 10.3. The predicted molar refractivity (Wildman–Crippen MR) is 65.8 cm³/mol. The molecule has 2 rings (SSSR count). The number of nitrogens with zero attached hydrogens (tertiary/aromatic N) is 2. The summed E-state index contributed by atoms with van der Waals surface area (Å²) in [7, 11) is 3.76. The molecule has 0 N–H and O–H groups in total. The molecule has 0 bridgehead atoms. The molecule has 1 aromatic carbocycles. The normalized spacial score (nSPS) is 15.8. The molecule has 1 aliphatic heterocycles. The maximum Gasteiger partial charge on any atom is 0.246 e. The van der Waals surface area contributed by atoms with Gasteiger partial charge in [0.2, 0.25) is 5.91 Å². The molecule has 1 heterocycles. The predicted octanol–water partition coefficient (Wildman–Crippen LogP) is 1.70. The van der Waals surface area contributed by atoms with Gasteiger partial charge in [-0.1, -0.05) is 0 Å². The second-order valence-corrected chi connectivity index (χ2v) is 4.69. The van der Waals surface area contributed by atoms with E-state index in [0.29, 0.717) is 6.54 Å². The van der Waals surface area contributed by atoms with Gasteiger partial charge in [0, 0.05) is 17.7 Å². The number of carbonyl (C=O) groups is 1. The van der Waals surface area contributed by atoms with E-state index in [9.17, 15) is 4.79 Å². The van der Waals surface area contributed by atoms with Crippen molar-refractivity contribution in [2.75, 3.05) is 30.4 Å². The fourth-order valence-electron chi connectivity index (χ4n) is 1.61. The van der Waals surface area contributed by atoms with Crippen LogP contribution in [0.4, 0.5) is 11.4 Å². The summed E-state index contributed by atoms with van der Waals surface area (Å²) < 4.78 is 1.19. The first-order valence-electron chi connectivity index (χ1n) is 4.37. The molecule has 14 heavy (non-hydrogen) atoms. The van der Waals surface area contributed by atoms with E-state index >= 15 is 0 Å². The molecule has 74 valence electrons. The molecule has 1 aliphatic rings. The second-order valence-electron chi connectivity index (χ2n) is 3.44. The maximum absolute atomic E-state index is 11.5. The number of likely N-dealkylation sites (N-methyl/N-ethyl adjacent to an activating group) is 2. The molecule has 0 saturated heterocycles. The molecular weight excluding hydrogens is 291 g/mol. The van der Waals surface area contributed by atoms with Gasteiger partial charge < -0.3 is 9.80 Å². The Bertz CT molecular complexity index is 392. The van der Waals surface area contributed by atoms with Gasteiger partial charge in [-0.25, -0.2) is 0 Å². The van der Waals surface area contributed by atoms with Crippen LogP contribution in [-0.2, 0) is 4.79 Å². The van der Waals surface area contributed by atoms with Gasteiger partial charge in [-0.05, 0) is 40.8 Å². The van der Waals surface area contributed by atoms with Crippen molar-refractivity contribution < 1.29 is 4.79 Å². The SMILES string of the molecule is CN1CC(=O)N(C)c2ccc(I)cc21. The van der Waals surface area contributed by atoms with E-state index in [1.807, 2.05) is 31.1 Å². The van der Waals surface area contributed by atoms with Crippen LogP contribution in [-0.4, -0.2) is 26.5 Å². The monoisotopic (exact) mass is 302 g/mol. The van der Waals surface area contributed by atoms with E-state index in [2.05, 4.69) is 28.7 Å². The fraction of sp³-hybridized carbons (Fsp3) is 0.300. The molecule has 4 heteroatoms. The van der Waals surface area contributed by atoms with Gasteiger partial charge >= 0.3 is 0 Å². The molecule has 0 aromatic heterocycles. The van der Waals surface area contributed by atoms with E-state index in [1.54, 1.807) is 4.90 Å². The Labute approximate surface area is 96.8 Å². The molecule has 0 radical (unpaired) electrons. The van der Waals surface area contributed by atoms with Crippen molar-refractivity contribution in [2.45, 2.75) is 0 Å². The molecule has 1 aromatic rings. The van der Waals surface area contributed by atoms with E-state index in [4.69, 9.17) is 0 Å². The largest absolute Gasteiger partial charge is 0.364 e. The van der Waals surface area contributed by atoms with Crippen molar-refractivity contribution >= 4 is 39.9 Å². The molecule has 3 nitrogen and oxygen atoms in total. The molecule has 0 fully saturated rings. The van der Waals surface area contributed by atoms with Gasteiger partial charge in [-0.3, -0.25) is 4.79 Å². The van der Waals surface area contributed by atoms with Gasteiger partial charge in [0.05, 0.1) is 17.9 Å². The van der Waals surface area contributed by atoms with Crippen LogP contribution in [0.3, 0.4) is 0 Å². The minimum Gasteiger partial charge on any atom is -0.364 e. The Balaban J connectivity index is 2.55. The van der Waals surface area contributed by atoms with Crippen LogP contribution >= 0.6 is 22.6 Å². The van der Waals surface area contributed by atoms with Crippen molar-refractivity contribution in [3.05, 3.63) is 21.8 Å². The average molecular weight is 302 g/mol. The lowest BCUT2D eigenvalue weighted by atomic mass is 10.2. The van der Waals surface area contributed by atoms with Crippen LogP contribution in [0, 0.1) is 3.57 Å². The fourth-order valence-corrected chi connectivity index (χ4v) is 2.09. The molecular formula is C10H11IN2O. The second kappa shape index (κ2) is 3.42. The summed E-state index contributed by atoms with van der Waals surface area (Å²) in [6.45, 7) is 0.462. The smallest absolute Gasteiger partial charge is 0.246 e. The lowest BCUT2D eigenvalue weighted by Gasteiger charge is -2.33. The molecule has 0 unspecified atom stereocenters. The quantitative estimate of drug-likeness (QED) is 0.681. The third-order valence-electron chi connectivity index (χ3n) is 2.46. The van der Waals surface area contributed by atoms with Crippen LogP contribution in [0.2, 0.25) is 0 Å². The standard InChI is InChI=1S/C10H11IN2O/c1-12-6-10(14)13(2)8-4-3-7(11)5-9(8)12/h3-5H,6H2,1-2H3. The van der Waals surface area contributed by atoms with Crippen molar-refractivity contribution in [3.8, 4) is 0 Å². The van der Waals surface area contributed by atoms with Crippen LogP contribution in [0.1, 0.15) is 0 Å². The van der Waals surface area contributed by atoms with E-state index in [-0.39, 0.29) is 5.91 Å². The summed E-state index contributed by atoms with van der Waals surface area (Å²) in [5.41, 5.74) is 2.11. The Morgan fingerprint density at radius 3 is 2.71 bits per heavy atom. The lowest BCUT2D eigenvalue weighted by molar-refractivity contribution is -0.117. The summed E-state index contributed by atoms with van der Waals surface area (Å²) in [4.78, 5) is 15.2. The van der Waals surface area contributed by atoms with E-state index < -0.39 is 0 Å². The summed E-state index contributed by atoms with van der Waals surface area (Å²) >= 11 is 2.28. The Kier molecular flexibility index (Phi) is 2.38. The highest BCUT2D eigenvalue weighted by molar-refractivity contribution is 14.1. The number of fused-ring (bicyclic) bond motifs is 1. The number of hydrogen-bond donors (Lipinski definition) is 0. The van der Waals surface area contributed by atoms with Crippen LogP contribution in [0.25, 0.3) is 0 Å². The minimum absolute atomic E-state index is 0.140. The average Bonchev–Trinajstić information content (AvgIpc) is 2.14. The summed E-state index contributed by atoms with van der Waals surface area (Å²) in [6.07, 6.45) is 0. The molecule has 1 amide bonds. The van der Waals surface area contributed by atoms with Gasteiger partial charge in [0.1, 0.15) is 0 Å². The van der Waals surface area contributed by atoms with Crippen LogP contribution < -0.4 is 9.80 Å². The van der Waals surface area contributed by atoms with Crippen LogP contribution in [0.5, 0.6) is 0 Å². The Hall–Kier alpha value is -0.780. The number of anilines is 2. The van der Waals surface area contributed by atoms with E-state index in [1.165, 1.54) is 3.57 Å². The maximum atomic E-state index is 11.5. The Morgan fingerprint density at radius 2 is 2.00 bits per heavy atom. The van der Waals surface area contributed by atoms with Crippen molar-refractivity contribution in [3.63, 3.8) is 0 Å². The van der Waals surface area contributed by atoms with Gasteiger partial charge in [-0.2, -0.15) is 0 Å². The topological polar surface area (TPSA) is 23.6 Å². The molecule has 0 spiro atoms. The number of rotatable bonds is 0. The summed E-state index contributed by atoms with van der Waals surface area (Å²) in [5.74, 6) is 0.140. The van der Waals surface area contributed by atoms with Gasteiger partial charge in [0.15, 0.2) is 0 Å². The minimum atomic E-state index is 0.140. The highest BCUT2D eigenvalue weighted by Gasteiger charge is 2.23. The summed E-state index contributed by atoms with van der Waals surface area (Å²) in [6, 6.07) is 6.10. The van der Waals surface area contributed by atoms with Crippen molar-refractivity contribution in [2.24, 2.45) is 0 Å². The number of amides is 1. The third kappa shape index (κ3) is 1.47. The zero-order valence-corrected chi connectivity index (χ0v) is 10.3.